The van der Waals surface area contributed by atoms with Crippen molar-refractivity contribution in [2.75, 3.05) is 0 Å². The maximum Gasteiger partial charge on any atom is 0.161 e. The standard InChI is InChI=1S/C30H20FN7O2/c31-21-8-18(9-22(39)12-21)24-6-7-33-29-26(24)35-30(36-29)27-25-11-20(14-34-28(25)38-37-27)19-10-23(15-32-13-19)40-16-17-4-2-1-3-5-17/h1-15,39H,16H2,(H,33,35,36)(H,34,37,38). The van der Waals surface area contributed by atoms with Crippen LogP contribution in [0, 0.1) is 5.82 Å². The van der Waals surface area contributed by atoms with Crippen LogP contribution in [0.1, 0.15) is 5.56 Å². The average Bonchev–Trinajstić information content (AvgIpc) is 3.60. The van der Waals surface area contributed by atoms with Gasteiger partial charge in [0, 0.05) is 41.3 Å². The van der Waals surface area contributed by atoms with Gasteiger partial charge in [-0.15, -0.1) is 0 Å². The number of phenolic OH excluding ortho intramolecular Hbond substituents is 1. The zero-order chi connectivity index (χ0) is 27.1. The molecule has 40 heavy (non-hydrogen) atoms. The minimum Gasteiger partial charge on any atom is -0.508 e. The first-order valence-corrected chi connectivity index (χ1v) is 12.4. The van der Waals surface area contributed by atoms with E-state index in [2.05, 4.69) is 30.1 Å². The second-order valence-corrected chi connectivity index (χ2v) is 9.22. The molecule has 0 aliphatic rings. The van der Waals surface area contributed by atoms with E-state index in [0.717, 1.165) is 28.1 Å². The lowest BCUT2D eigenvalue weighted by molar-refractivity contribution is 0.305. The Hall–Kier alpha value is -5.64. The van der Waals surface area contributed by atoms with Crippen LogP contribution >= 0.6 is 0 Å². The predicted molar refractivity (Wildman–Crippen MR) is 148 cm³/mol. The fourth-order valence-electron chi connectivity index (χ4n) is 4.62. The smallest absolute Gasteiger partial charge is 0.161 e. The predicted octanol–water partition coefficient (Wildman–Crippen LogP) is 6.05. The quantitative estimate of drug-likeness (QED) is 0.239. The van der Waals surface area contributed by atoms with Crippen molar-refractivity contribution in [3.8, 4) is 45.3 Å². The third-order valence-corrected chi connectivity index (χ3v) is 6.51. The molecule has 7 rings (SSSR count). The number of nitrogens with one attached hydrogen (secondary N) is 2. The maximum atomic E-state index is 14.0. The molecule has 3 N–H and O–H groups in total. The minimum absolute atomic E-state index is 0.170. The van der Waals surface area contributed by atoms with Gasteiger partial charge < -0.3 is 14.8 Å². The molecule has 0 saturated heterocycles. The highest BCUT2D eigenvalue weighted by Gasteiger charge is 2.18. The Labute approximate surface area is 226 Å². The van der Waals surface area contributed by atoms with Gasteiger partial charge in [0.25, 0.3) is 0 Å². The van der Waals surface area contributed by atoms with E-state index in [-0.39, 0.29) is 5.75 Å². The molecule has 194 valence electrons. The van der Waals surface area contributed by atoms with Gasteiger partial charge in [-0.2, -0.15) is 5.10 Å². The van der Waals surface area contributed by atoms with Gasteiger partial charge in [-0.3, -0.25) is 10.1 Å². The van der Waals surface area contributed by atoms with Crippen LogP contribution in [-0.4, -0.2) is 40.2 Å². The van der Waals surface area contributed by atoms with Crippen LogP contribution in [0.2, 0.25) is 0 Å². The number of halogens is 1. The highest BCUT2D eigenvalue weighted by molar-refractivity contribution is 5.96. The first kappa shape index (κ1) is 23.5. The summed E-state index contributed by atoms with van der Waals surface area (Å²) in [5.74, 6) is 0.403. The minimum atomic E-state index is -0.545. The molecule has 0 unspecified atom stereocenters. The third kappa shape index (κ3) is 4.37. The zero-order valence-electron chi connectivity index (χ0n) is 20.8. The van der Waals surface area contributed by atoms with E-state index in [1.807, 2.05) is 42.5 Å². The van der Waals surface area contributed by atoms with Crippen LogP contribution < -0.4 is 4.74 Å². The summed E-state index contributed by atoms with van der Waals surface area (Å²) in [7, 11) is 0. The van der Waals surface area contributed by atoms with Crippen LogP contribution in [0.4, 0.5) is 4.39 Å². The van der Waals surface area contributed by atoms with Gasteiger partial charge in [-0.05, 0) is 41.5 Å². The van der Waals surface area contributed by atoms with Crippen LogP contribution in [0.15, 0.2) is 91.5 Å². The van der Waals surface area contributed by atoms with Gasteiger partial charge in [0.15, 0.2) is 17.1 Å². The van der Waals surface area contributed by atoms with Crippen molar-refractivity contribution in [3.05, 3.63) is 103 Å². The van der Waals surface area contributed by atoms with Crippen molar-refractivity contribution in [2.45, 2.75) is 6.61 Å². The van der Waals surface area contributed by atoms with Crippen LogP contribution in [0.25, 0.3) is 56.0 Å². The third-order valence-electron chi connectivity index (χ3n) is 6.51. The van der Waals surface area contributed by atoms with E-state index in [0.29, 0.717) is 51.8 Å². The molecule has 2 aromatic carbocycles. The summed E-state index contributed by atoms with van der Waals surface area (Å²) < 4.78 is 20.0. The number of fused-ring (bicyclic) bond motifs is 2. The van der Waals surface area contributed by atoms with Crippen molar-refractivity contribution in [3.63, 3.8) is 0 Å². The van der Waals surface area contributed by atoms with Crippen molar-refractivity contribution in [1.29, 1.82) is 0 Å². The molecule has 7 aromatic rings. The first-order chi connectivity index (χ1) is 19.6. The van der Waals surface area contributed by atoms with Gasteiger partial charge in [0.05, 0.1) is 11.6 Å². The Balaban J connectivity index is 1.25. The first-order valence-electron chi connectivity index (χ1n) is 12.4. The van der Waals surface area contributed by atoms with Crippen LogP contribution in [-0.2, 0) is 6.61 Å². The summed E-state index contributed by atoms with van der Waals surface area (Å²) in [5.41, 5.74) is 6.02. The lowest BCUT2D eigenvalue weighted by Gasteiger charge is -2.08. The molecular weight excluding hydrogens is 509 g/mol. The van der Waals surface area contributed by atoms with Gasteiger partial charge in [0.2, 0.25) is 0 Å². The number of H-pyrrole nitrogens is 2. The number of imidazole rings is 1. The molecule has 10 heteroatoms. The summed E-state index contributed by atoms with van der Waals surface area (Å²) in [5, 5.41) is 18.1. The highest BCUT2D eigenvalue weighted by atomic mass is 19.1. The topological polar surface area (TPSA) is 125 Å². The number of aromatic hydroxyl groups is 1. The van der Waals surface area contributed by atoms with Gasteiger partial charge in [-0.25, -0.2) is 19.3 Å². The summed E-state index contributed by atoms with van der Waals surface area (Å²) >= 11 is 0. The summed E-state index contributed by atoms with van der Waals surface area (Å²) in [6, 6.07) is 19.4. The van der Waals surface area contributed by atoms with Crippen LogP contribution in [0.3, 0.4) is 0 Å². The number of hydrogen-bond donors (Lipinski definition) is 3. The molecular formula is C30H20FN7O2. The SMILES string of the molecule is Oc1cc(F)cc(-c2ccnc3[nH]c(-c4n[nH]c5ncc(-c6cncc(OCc7ccccc7)c6)cc45)nc23)c1. The van der Waals surface area contributed by atoms with Gasteiger partial charge >= 0.3 is 0 Å². The molecule has 0 spiro atoms. The van der Waals surface area contributed by atoms with Crippen molar-refractivity contribution >= 4 is 22.2 Å². The van der Waals surface area contributed by atoms with Crippen molar-refractivity contribution < 1.29 is 14.2 Å². The second-order valence-electron chi connectivity index (χ2n) is 9.22. The number of phenols is 1. The number of rotatable bonds is 6. The molecule has 0 fully saturated rings. The molecule has 0 aliphatic heterocycles. The lowest BCUT2D eigenvalue weighted by Crippen LogP contribution is -1.96. The number of nitrogens with zero attached hydrogens (tertiary/aromatic N) is 5. The van der Waals surface area contributed by atoms with E-state index in [1.165, 1.54) is 12.1 Å². The Bertz CT molecular complexity index is 1980. The molecule has 9 nitrogen and oxygen atoms in total. The molecule has 0 aliphatic carbocycles. The van der Waals surface area contributed by atoms with Crippen molar-refractivity contribution in [2.24, 2.45) is 0 Å². The fraction of sp³-hybridized carbons (Fsp3) is 0.0333. The Morgan fingerprint density at radius 3 is 2.60 bits per heavy atom. The second kappa shape index (κ2) is 9.59. The largest absolute Gasteiger partial charge is 0.508 e. The van der Waals surface area contributed by atoms with Crippen LogP contribution in [0.5, 0.6) is 11.5 Å². The van der Waals surface area contributed by atoms with E-state index in [9.17, 15) is 9.50 Å². The molecule has 0 bridgehead atoms. The molecule has 5 heterocycles. The number of pyridine rings is 3. The molecule has 0 atom stereocenters. The lowest BCUT2D eigenvalue weighted by atomic mass is 10.1. The van der Waals surface area contributed by atoms with E-state index in [4.69, 9.17) is 9.72 Å². The Kier molecular flexibility index (Phi) is 5.63. The number of benzene rings is 2. The normalized spacial score (nSPS) is 11.3. The van der Waals surface area contributed by atoms with E-state index in [1.54, 1.807) is 30.9 Å². The monoisotopic (exact) mass is 529 g/mol. The number of ether oxygens (including phenoxy) is 1. The van der Waals surface area contributed by atoms with E-state index < -0.39 is 5.82 Å². The summed E-state index contributed by atoms with van der Waals surface area (Å²) in [6.07, 6.45) is 6.78. The van der Waals surface area contributed by atoms with E-state index >= 15 is 0 Å². The fourth-order valence-corrected chi connectivity index (χ4v) is 4.62. The average molecular weight is 530 g/mol. The summed E-state index contributed by atoms with van der Waals surface area (Å²) in [6.45, 7) is 0.437. The molecule has 0 radical (unpaired) electrons. The van der Waals surface area contributed by atoms with Gasteiger partial charge in [0.1, 0.15) is 35.1 Å². The molecule has 0 saturated carbocycles. The number of hydrogen-bond acceptors (Lipinski definition) is 7. The molecule has 5 aromatic heterocycles. The van der Waals surface area contributed by atoms with Crippen molar-refractivity contribution in [1.82, 2.24) is 35.1 Å². The molecule has 0 amide bonds. The number of aromatic amines is 2. The summed E-state index contributed by atoms with van der Waals surface area (Å²) in [4.78, 5) is 21.2. The highest BCUT2D eigenvalue weighted by Crippen LogP contribution is 2.33. The number of aromatic nitrogens is 7. The Morgan fingerprint density at radius 2 is 1.73 bits per heavy atom. The maximum absolute atomic E-state index is 14.0. The van der Waals surface area contributed by atoms with Gasteiger partial charge in [-0.1, -0.05) is 30.3 Å². The Morgan fingerprint density at radius 1 is 0.850 bits per heavy atom. The zero-order valence-corrected chi connectivity index (χ0v) is 20.8.